The molecule has 2 heterocycles. The molecule has 0 atom stereocenters. The third kappa shape index (κ3) is 3.23. The Hall–Kier alpha value is -2.28. The molecule has 0 radical (unpaired) electrons. The maximum Gasteiger partial charge on any atom is 0.331 e. The predicted molar refractivity (Wildman–Crippen MR) is 106 cm³/mol. The molecule has 1 N–H and O–H groups in total. The SMILES string of the molecule is C=Cc1c(C=N)c(=O)n(CCc2sc(C)nc2C)c(=O)n1C1CCCC1. The summed E-state index contributed by atoms with van der Waals surface area (Å²) in [6.45, 7) is 7.97. The van der Waals surface area contributed by atoms with Gasteiger partial charge in [-0.25, -0.2) is 9.78 Å². The highest BCUT2D eigenvalue weighted by molar-refractivity contribution is 7.11. The zero-order valence-corrected chi connectivity index (χ0v) is 16.1. The minimum Gasteiger partial charge on any atom is -0.308 e. The van der Waals surface area contributed by atoms with E-state index in [1.165, 1.54) is 10.6 Å². The van der Waals surface area contributed by atoms with E-state index in [0.717, 1.165) is 47.5 Å². The summed E-state index contributed by atoms with van der Waals surface area (Å²) >= 11 is 1.60. The van der Waals surface area contributed by atoms with Crippen LogP contribution >= 0.6 is 11.3 Å². The number of rotatable bonds is 6. The Balaban J connectivity index is 2.09. The molecule has 2 aromatic heterocycles. The van der Waals surface area contributed by atoms with Crippen LogP contribution in [0, 0.1) is 19.3 Å². The summed E-state index contributed by atoms with van der Waals surface area (Å²) < 4.78 is 2.97. The standard InChI is InChI=1S/C19H24N4O2S/c1-4-16-15(11-20)18(24)22(10-9-17-12(2)21-13(3)26-17)19(25)23(16)14-7-5-6-8-14/h4,11,14,20H,1,5-10H2,2-3H3. The van der Waals surface area contributed by atoms with Gasteiger partial charge in [-0.2, -0.15) is 0 Å². The van der Waals surface area contributed by atoms with E-state index in [0.29, 0.717) is 18.7 Å². The fourth-order valence-electron chi connectivity index (χ4n) is 3.78. The van der Waals surface area contributed by atoms with Crippen molar-refractivity contribution in [2.45, 2.75) is 58.5 Å². The Morgan fingerprint density at radius 1 is 1.31 bits per heavy atom. The number of nitrogens with zero attached hydrogens (tertiary/aromatic N) is 3. The Bertz CT molecular complexity index is 961. The third-order valence-corrected chi connectivity index (χ3v) is 6.17. The van der Waals surface area contributed by atoms with Gasteiger partial charge in [-0.1, -0.05) is 19.4 Å². The second-order valence-corrected chi connectivity index (χ2v) is 7.97. The molecule has 1 fully saturated rings. The molecule has 0 aliphatic heterocycles. The molecule has 0 amide bonds. The van der Waals surface area contributed by atoms with Gasteiger partial charge in [0.2, 0.25) is 0 Å². The molecule has 26 heavy (non-hydrogen) atoms. The first kappa shape index (κ1) is 18.5. The summed E-state index contributed by atoms with van der Waals surface area (Å²) in [6, 6.07) is 0.0773. The van der Waals surface area contributed by atoms with Gasteiger partial charge < -0.3 is 5.41 Å². The second kappa shape index (κ2) is 7.53. The molecule has 3 rings (SSSR count). The summed E-state index contributed by atoms with van der Waals surface area (Å²) in [5.74, 6) is 0. The first-order chi connectivity index (χ1) is 12.5. The lowest BCUT2D eigenvalue weighted by Gasteiger charge is -2.20. The molecule has 0 spiro atoms. The minimum absolute atomic E-state index is 0.0773. The molecular formula is C19H24N4O2S. The summed E-state index contributed by atoms with van der Waals surface area (Å²) in [5, 5.41) is 8.67. The highest BCUT2D eigenvalue weighted by Gasteiger charge is 2.24. The minimum atomic E-state index is -0.409. The summed E-state index contributed by atoms with van der Waals surface area (Å²) in [4.78, 5) is 31.4. The van der Waals surface area contributed by atoms with Gasteiger partial charge in [-0.05, 0) is 32.8 Å². The van der Waals surface area contributed by atoms with Crippen LogP contribution in [0.5, 0.6) is 0 Å². The average Bonchev–Trinajstić information content (AvgIpc) is 3.24. The van der Waals surface area contributed by atoms with Crippen molar-refractivity contribution >= 4 is 23.6 Å². The first-order valence-electron chi connectivity index (χ1n) is 8.93. The maximum atomic E-state index is 13.1. The number of hydrogen-bond donors (Lipinski definition) is 1. The smallest absolute Gasteiger partial charge is 0.308 e. The zero-order valence-electron chi connectivity index (χ0n) is 15.2. The predicted octanol–water partition coefficient (Wildman–Crippen LogP) is 3.08. The highest BCUT2D eigenvalue weighted by atomic mass is 32.1. The molecule has 6 nitrogen and oxygen atoms in total. The monoisotopic (exact) mass is 372 g/mol. The molecule has 1 saturated carbocycles. The summed E-state index contributed by atoms with van der Waals surface area (Å²) in [6.07, 6.45) is 7.15. The van der Waals surface area contributed by atoms with Crippen LogP contribution in [0.1, 0.15) is 58.6 Å². The molecule has 1 aliphatic rings. The van der Waals surface area contributed by atoms with E-state index < -0.39 is 5.56 Å². The molecule has 0 bridgehead atoms. The van der Waals surface area contributed by atoms with Crippen molar-refractivity contribution in [3.8, 4) is 0 Å². The number of aryl methyl sites for hydroxylation is 3. The van der Waals surface area contributed by atoms with Gasteiger partial charge in [-0.3, -0.25) is 13.9 Å². The molecule has 7 heteroatoms. The van der Waals surface area contributed by atoms with Crippen molar-refractivity contribution in [3.05, 3.63) is 54.3 Å². The van der Waals surface area contributed by atoms with Gasteiger partial charge in [0.15, 0.2) is 0 Å². The maximum absolute atomic E-state index is 13.1. The molecule has 0 aromatic carbocycles. The number of nitrogens with one attached hydrogen (secondary N) is 1. The van der Waals surface area contributed by atoms with Crippen molar-refractivity contribution in [3.63, 3.8) is 0 Å². The summed E-state index contributed by atoms with van der Waals surface area (Å²) in [7, 11) is 0. The van der Waals surface area contributed by atoms with Crippen LogP contribution in [-0.2, 0) is 13.0 Å². The molecule has 1 aliphatic carbocycles. The fourth-order valence-corrected chi connectivity index (χ4v) is 4.71. The largest absolute Gasteiger partial charge is 0.331 e. The molecule has 0 saturated heterocycles. The molecule has 2 aromatic rings. The number of hydrogen-bond acceptors (Lipinski definition) is 5. The van der Waals surface area contributed by atoms with Crippen LogP contribution in [0.25, 0.3) is 6.08 Å². The highest BCUT2D eigenvalue weighted by Crippen LogP contribution is 2.29. The quantitative estimate of drug-likeness (QED) is 0.791. The van der Waals surface area contributed by atoms with Crippen LogP contribution in [0.2, 0.25) is 0 Å². The van der Waals surface area contributed by atoms with Crippen LogP contribution in [0.4, 0.5) is 0 Å². The Morgan fingerprint density at radius 3 is 2.54 bits per heavy atom. The number of thiazole rings is 1. The van der Waals surface area contributed by atoms with E-state index in [9.17, 15) is 9.59 Å². The third-order valence-electron chi connectivity index (χ3n) is 5.04. The van der Waals surface area contributed by atoms with Gasteiger partial charge >= 0.3 is 5.69 Å². The van der Waals surface area contributed by atoms with E-state index in [-0.39, 0.29) is 17.3 Å². The first-order valence-corrected chi connectivity index (χ1v) is 9.74. The Kier molecular flexibility index (Phi) is 5.36. The van der Waals surface area contributed by atoms with Crippen molar-refractivity contribution in [1.29, 1.82) is 5.41 Å². The van der Waals surface area contributed by atoms with Crippen LogP contribution in [-0.4, -0.2) is 20.3 Å². The Labute approximate surface area is 156 Å². The van der Waals surface area contributed by atoms with Gasteiger partial charge in [-0.15, -0.1) is 11.3 Å². The van der Waals surface area contributed by atoms with E-state index in [4.69, 9.17) is 5.41 Å². The lowest BCUT2D eigenvalue weighted by Crippen LogP contribution is -2.44. The van der Waals surface area contributed by atoms with Crippen molar-refractivity contribution in [2.75, 3.05) is 0 Å². The van der Waals surface area contributed by atoms with Gasteiger partial charge in [0, 0.05) is 30.1 Å². The van der Waals surface area contributed by atoms with E-state index in [1.54, 1.807) is 15.9 Å². The molecular weight excluding hydrogens is 348 g/mol. The average molecular weight is 372 g/mol. The second-order valence-electron chi connectivity index (χ2n) is 6.69. The molecule has 0 unspecified atom stereocenters. The van der Waals surface area contributed by atoms with E-state index >= 15 is 0 Å². The van der Waals surface area contributed by atoms with E-state index in [1.807, 2.05) is 13.8 Å². The van der Waals surface area contributed by atoms with Crippen LogP contribution < -0.4 is 11.2 Å². The van der Waals surface area contributed by atoms with E-state index in [2.05, 4.69) is 11.6 Å². The van der Waals surface area contributed by atoms with Gasteiger partial charge in [0.05, 0.1) is 22.0 Å². The Morgan fingerprint density at radius 2 is 2.00 bits per heavy atom. The van der Waals surface area contributed by atoms with Crippen LogP contribution in [0.3, 0.4) is 0 Å². The van der Waals surface area contributed by atoms with Crippen LogP contribution in [0.15, 0.2) is 16.2 Å². The number of aromatic nitrogens is 3. The van der Waals surface area contributed by atoms with Gasteiger partial charge in [0.25, 0.3) is 5.56 Å². The van der Waals surface area contributed by atoms with Crippen molar-refractivity contribution < 1.29 is 0 Å². The zero-order chi connectivity index (χ0) is 18.8. The lowest BCUT2D eigenvalue weighted by atomic mass is 10.1. The van der Waals surface area contributed by atoms with Gasteiger partial charge in [0.1, 0.15) is 0 Å². The normalized spacial score (nSPS) is 14.7. The fraction of sp³-hybridized carbons (Fsp3) is 0.474. The van der Waals surface area contributed by atoms with Crippen molar-refractivity contribution in [2.24, 2.45) is 0 Å². The van der Waals surface area contributed by atoms with Crippen molar-refractivity contribution in [1.82, 2.24) is 14.1 Å². The topological polar surface area (TPSA) is 80.7 Å². The molecule has 138 valence electrons. The summed E-state index contributed by atoms with van der Waals surface area (Å²) in [5.41, 5.74) is 0.965. The lowest BCUT2D eigenvalue weighted by molar-refractivity contribution is 0.456.